The Balaban J connectivity index is 2.42. The Labute approximate surface area is 76.1 Å². The highest BCUT2D eigenvalue weighted by Gasteiger charge is 2.62. The number of rotatable bonds is 0. The smallest absolute Gasteiger partial charge is 0.00974 e. The molecule has 0 aromatic carbocycles. The molecule has 0 aromatic rings. The van der Waals surface area contributed by atoms with Crippen LogP contribution in [0.15, 0.2) is 11.6 Å². The summed E-state index contributed by atoms with van der Waals surface area (Å²) in [6.07, 6.45) is 3.76. The Bertz CT molecular complexity index is 227. The average molecular weight is 164 g/mol. The van der Waals surface area contributed by atoms with Crippen LogP contribution in [0.5, 0.6) is 0 Å². The zero-order valence-corrected chi connectivity index (χ0v) is 8.94. The molecule has 0 aliphatic heterocycles. The molecule has 0 amide bonds. The van der Waals surface area contributed by atoms with Gasteiger partial charge in [-0.2, -0.15) is 0 Å². The van der Waals surface area contributed by atoms with Gasteiger partial charge in [0.1, 0.15) is 0 Å². The van der Waals surface area contributed by atoms with E-state index in [4.69, 9.17) is 0 Å². The highest BCUT2D eigenvalue weighted by atomic mass is 14.7. The van der Waals surface area contributed by atoms with Gasteiger partial charge in [-0.3, -0.25) is 0 Å². The fraction of sp³-hybridized carbons (Fsp3) is 0.833. The lowest BCUT2D eigenvalue weighted by Gasteiger charge is -2.67. The maximum atomic E-state index is 2.45. The van der Waals surface area contributed by atoms with Crippen molar-refractivity contribution in [2.45, 2.75) is 41.0 Å². The summed E-state index contributed by atoms with van der Waals surface area (Å²) in [5.41, 5.74) is 2.78. The van der Waals surface area contributed by atoms with Crippen LogP contribution >= 0.6 is 0 Å². The van der Waals surface area contributed by atoms with Gasteiger partial charge in [-0.25, -0.2) is 0 Å². The Kier molecular flexibility index (Phi) is 1.37. The first kappa shape index (κ1) is 8.34. The summed E-state index contributed by atoms with van der Waals surface area (Å²) in [6.45, 7) is 12.0. The van der Waals surface area contributed by atoms with Crippen molar-refractivity contribution in [1.82, 2.24) is 0 Å². The minimum Gasteiger partial charge on any atom is -0.0850 e. The van der Waals surface area contributed by atoms with Crippen molar-refractivity contribution in [3.05, 3.63) is 11.6 Å². The molecule has 3 aliphatic carbocycles. The molecule has 0 saturated heterocycles. The molecule has 0 unspecified atom stereocenters. The van der Waals surface area contributed by atoms with Crippen LogP contribution in [-0.2, 0) is 0 Å². The van der Waals surface area contributed by atoms with Crippen LogP contribution in [0, 0.1) is 22.7 Å². The fourth-order valence-electron chi connectivity index (χ4n) is 4.43. The molecule has 0 heterocycles. The molecule has 2 bridgehead atoms. The largest absolute Gasteiger partial charge is 0.0850 e. The highest BCUT2D eigenvalue weighted by molar-refractivity contribution is 5.27. The normalized spacial score (nSPS) is 41.6. The van der Waals surface area contributed by atoms with Crippen molar-refractivity contribution in [3.8, 4) is 0 Å². The van der Waals surface area contributed by atoms with Gasteiger partial charge in [0, 0.05) is 0 Å². The zero-order chi connectivity index (χ0) is 9.15. The molecular weight excluding hydrogens is 144 g/mol. The summed E-state index contributed by atoms with van der Waals surface area (Å²) < 4.78 is 0. The van der Waals surface area contributed by atoms with E-state index in [1.54, 1.807) is 5.57 Å². The van der Waals surface area contributed by atoms with Gasteiger partial charge in [-0.05, 0) is 36.0 Å². The zero-order valence-electron chi connectivity index (χ0n) is 8.94. The maximum absolute atomic E-state index is 2.45. The van der Waals surface area contributed by atoms with E-state index in [0.717, 1.165) is 11.8 Å². The van der Waals surface area contributed by atoms with E-state index in [0.29, 0.717) is 10.8 Å². The van der Waals surface area contributed by atoms with Crippen molar-refractivity contribution >= 4 is 0 Å². The van der Waals surface area contributed by atoms with Gasteiger partial charge >= 0.3 is 0 Å². The van der Waals surface area contributed by atoms with Crippen molar-refractivity contribution in [2.75, 3.05) is 0 Å². The van der Waals surface area contributed by atoms with Gasteiger partial charge < -0.3 is 0 Å². The number of hydrogen-bond acceptors (Lipinski definition) is 0. The van der Waals surface area contributed by atoms with E-state index in [1.165, 1.54) is 6.42 Å². The SMILES string of the molecule is CC1=CCC2C(C)(C)C1C2(C)C. The summed E-state index contributed by atoms with van der Waals surface area (Å²) in [6, 6.07) is 0. The Morgan fingerprint density at radius 1 is 1.17 bits per heavy atom. The number of hydrogen-bond donors (Lipinski definition) is 0. The van der Waals surface area contributed by atoms with Crippen LogP contribution in [0.4, 0.5) is 0 Å². The maximum Gasteiger partial charge on any atom is -0.00974 e. The molecule has 0 atom stereocenters. The van der Waals surface area contributed by atoms with E-state index < -0.39 is 0 Å². The first-order valence-electron chi connectivity index (χ1n) is 5.05. The molecule has 12 heavy (non-hydrogen) atoms. The van der Waals surface area contributed by atoms with Crippen LogP contribution in [0.2, 0.25) is 0 Å². The van der Waals surface area contributed by atoms with E-state index in [2.05, 4.69) is 40.7 Å². The molecule has 3 rings (SSSR count). The number of allylic oxidation sites excluding steroid dienone is 2. The quantitative estimate of drug-likeness (QED) is 0.479. The van der Waals surface area contributed by atoms with Crippen LogP contribution in [0.1, 0.15) is 41.0 Å². The predicted molar refractivity (Wildman–Crippen MR) is 52.9 cm³/mol. The van der Waals surface area contributed by atoms with E-state index in [9.17, 15) is 0 Å². The van der Waals surface area contributed by atoms with E-state index in [1.807, 2.05) is 0 Å². The van der Waals surface area contributed by atoms with E-state index in [-0.39, 0.29) is 0 Å². The van der Waals surface area contributed by atoms with Crippen LogP contribution < -0.4 is 0 Å². The Morgan fingerprint density at radius 3 is 1.92 bits per heavy atom. The predicted octanol–water partition coefficient (Wildman–Crippen LogP) is 3.63. The molecule has 1 saturated carbocycles. The molecule has 68 valence electrons. The lowest BCUT2D eigenvalue weighted by molar-refractivity contribution is -0.149. The van der Waals surface area contributed by atoms with Crippen molar-refractivity contribution in [3.63, 3.8) is 0 Å². The third kappa shape index (κ3) is 0.694. The number of fused-ring (bicyclic) bond motifs is 1. The molecule has 3 aliphatic rings. The first-order chi connectivity index (χ1) is 5.38. The molecular formula is C12H20. The first-order valence-corrected chi connectivity index (χ1v) is 5.05. The van der Waals surface area contributed by atoms with Crippen LogP contribution in [-0.4, -0.2) is 0 Å². The second kappa shape index (κ2) is 1.97. The van der Waals surface area contributed by atoms with Crippen LogP contribution in [0.25, 0.3) is 0 Å². The lowest BCUT2D eigenvalue weighted by atomic mass is 9.37. The summed E-state index contributed by atoms with van der Waals surface area (Å²) in [7, 11) is 0. The van der Waals surface area contributed by atoms with Crippen molar-refractivity contribution in [2.24, 2.45) is 22.7 Å². The summed E-state index contributed by atoms with van der Waals surface area (Å²) >= 11 is 0. The summed E-state index contributed by atoms with van der Waals surface area (Å²) in [4.78, 5) is 0. The van der Waals surface area contributed by atoms with Gasteiger partial charge in [-0.15, -0.1) is 0 Å². The third-order valence-electron chi connectivity index (χ3n) is 4.42. The molecule has 0 N–H and O–H groups in total. The Hall–Kier alpha value is -0.260. The van der Waals surface area contributed by atoms with Crippen molar-refractivity contribution < 1.29 is 0 Å². The van der Waals surface area contributed by atoms with Gasteiger partial charge in [0.15, 0.2) is 0 Å². The van der Waals surface area contributed by atoms with Gasteiger partial charge in [-0.1, -0.05) is 39.3 Å². The standard InChI is InChI=1S/C12H20/c1-8-6-7-9-11(2,3)10(8)12(9,4)5/h6,9-10H,7H2,1-5H3. The topological polar surface area (TPSA) is 0 Å². The molecule has 0 radical (unpaired) electrons. The summed E-state index contributed by atoms with van der Waals surface area (Å²) in [5, 5.41) is 0. The Morgan fingerprint density at radius 2 is 1.67 bits per heavy atom. The lowest BCUT2D eigenvalue weighted by Crippen LogP contribution is -2.61. The second-order valence-electron chi connectivity index (χ2n) is 5.81. The molecule has 0 heteroatoms. The molecule has 1 fully saturated rings. The average Bonchev–Trinajstić information content (AvgIpc) is 1.82. The van der Waals surface area contributed by atoms with Crippen LogP contribution in [0.3, 0.4) is 0 Å². The molecule has 0 aromatic heterocycles. The van der Waals surface area contributed by atoms with E-state index >= 15 is 0 Å². The minimum absolute atomic E-state index is 0.572. The van der Waals surface area contributed by atoms with Gasteiger partial charge in [0.05, 0.1) is 0 Å². The molecule has 0 spiro atoms. The fourth-order valence-corrected chi connectivity index (χ4v) is 4.43. The third-order valence-corrected chi connectivity index (χ3v) is 4.42. The second-order valence-corrected chi connectivity index (χ2v) is 5.81. The minimum atomic E-state index is 0.572. The summed E-state index contributed by atoms with van der Waals surface area (Å²) in [5.74, 6) is 1.75. The van der Waals surface area contributed by atoms with Crippen molar-refractivity contribution in [1.29, 1.82) is 0 Å². The monoisotopic (exact) mass is 164 g/mol. The molecule has 0 nitrogen and oxygen atoms in total. The van der Waals surface area contributed by atoms with Gasteiger partial charge in [0.2, 0.25) is 0 Å². The highest BCUT2D eigenvalue weighted by Crippen LogP contribution is 2.69. The van der Waals surface area contributed by atoms with Gasteiger partial charge in [0.25, 0.3) is 0 Å².